The lowest BCUT2D eigenvalue weighted by Crippen LogP contribution is -2.21. The Labute approximate surface area is 166 Å². The summed E-state index contributed by atoms with van der Waals surface area (Å²) >= 11 is 0. The van der Waals surface area contributed by atoms with Crippen LogP contribution >= 0.6 is 0 Å². The Morgan fingerprint density at radius 1 is 1.03 bits per heavy atom. The number of fused-ring (bicyclic) bond motifs is 1. The zero-order chi connectivity index (χ0) is 21.2. The van der Waals surface area contributed by atoms with Crippen LogP contribution in [0.15, 0.2) is 18.2 Å². The maximum absolute atomic E-state index is 13.1. The van der Waals surface area contributed by atoms with Gasteiger partial charge < -0.3 is 11.1 Å². The zero-order valence-corrected chi connectivity index (χ0v) is 16.4. The number of benzene rings is 1. The summed E-state index contributed by atoms with van der Waals surface area (Å²) in [6.07, 6.45) is -0.494. The number of piperidine rings is 1. The van der Waals surface area contributed by atoms with Gasteiger partial charge in [-0.25, -0.2) is 0 Å². The summed E-state index contributed by atoms with van der Waals surface area (Å²) < 4.78 is 66.4. The molecule has 8 nitrogen and oxygen atoms in total. The molecule has 1 aromatic carbocycles. The van der Waals surface area contributed by atoms with Crippen molar-refractivity contribution in [1.29, 1.82) is 0 Å². The first-order chi connectivity index (χ1) is 13.6. The van der Waals surface area contributed by atoms with Crippen LogP contribution in [0.3, 0.4) is 0 Å². The highest BCUT2D eigenvalue weighted by Crippen LogP contribution is 2.46. The Balaban J connectivity index is 0.000000343. The highest BCUT2D eigenvalue weighted by atomic mass is 32.2. The number of nitrogens with zero attached hydrogens (tertiary/aromatic N) is 2. The summed E-state index contributed by atoms with van der Waals surface area (Å²) in [4.78, 5) is 0. The average molecular weight is 430 g/mol. The molecule has 0 amide bonds. The quantitative estimate of drug-likeness (QED) is 0.552. The molecule has 1 aromatic heterocycles. The van der Waals surface area contributed by atoms with E-state index in [1.54, 1.807) is 6.92 Å². The minimum atomic E-state index is -4.71. The van der Waals surface area contributed by atoms with Crippen molar-refractivity contribution < 1.29 is 21.6 Å². The first-order valence-electron chi connectivity index (χ1n) is 8.94. The lowest BCUT2D eigenvalue weighted by molar-refractivity contribution is -0.136. The van der Waals surface area contributed by atoms with E-state index < -0.39 is 27.6 Å². The fourth-order valence-electron chi connectivity index (χ4n) is 3.12. The largest absolute Gasteiger partial charge is 0.418 e. The molecule has 3 heterocycles. The van der Waals surface area contributed by atoms with Gasteiger partial charge in [-0.3, -0.25) is 9.44 Å². The number of hydrogen-bond donors (Lipinski definition) is 4. The Bertz CT molecular complexity index is 995. The van der Waals surface area contributed by atoms with Crippen molar-refractivity contribution in [3.63, 3.8) is 0 Å². The van der Waals surface area contributed by atoms with Crippen LogP contribution in [-0.4, -0.2) is 31.7 Å². The van der Waals surface area contributed by atoms with E-state index in [0.29, 0.717) is 5.56 Å². The maximum Gasteiger partial charge on any atom is 0.418 e. The van der Waals surface area contributed by atoms with Crippen LogP contribution in [0.4, 0.5) is 30.4 Å². The molecule has 0 aliphatic carbocycles. The van der Waals surface area contributed by atoms with Gasteiger partial charge in [0.2, 0.25) is 0 Å². The van der Waals surface area contributed by atoms with Gasteiger partial charge in [-0.2, -0.15) is 21.6 Å². The van der Waals surface area contributed by atoms with Crippen LogP contribution in [0, 0.1) is 6.92 Å². The number of halogens is 3. The van der Waals surface area contributed by atoms with Gasteiger partial charge in [0.1, 0.15) is 5.82 Å². The molecule has 1 fully saturated rings. The summed E-state index contributed by atoms with van der Waals surface area (Å²) in [6, 6.07) is 3.43. The van der Waals surface area contributed by atoms with Crippen LogP contribution in [0.2, 0.25) is 0 Å². The molecule has 2 aromatic rings. The van der Waals surface area contributed by atoms with Crippen molar-refractivity contribution in [2.45, 2.75) is 32.4 Å². The molecular weight excluding hydrogens is 409 g/mol. The number of alkyl halides is 3. The molecule has 29 heavy (non-hydrogen) atoms. The number of anilines is 3. The smallest absolute Gasteiger partial charge is 0.382 e. The third-order valence-electron chi connectivity index (χ3n) is 4.45. The monoisotopic (exact) mass is 430 g/mol. The number of rotatable bonds is 1. The Kier molecular flexibility index (Phi) is 5.85. The summed E-state index contributed by atoms with van der Waals surface area (Å²) in [5.41, 5.74) is 4.57. The first-order valence-corrected chi connectivity index (χ1v) is 10.4. The van der Waals surface area contributed by atoms with E-state index in [2.05, 4.69) is 20.2 Å². The predicted octanol–water partition coefficient (Wildman–Crippen LogP) is 2.90. The molecule has 5 N–H and O–H groups in total. The summed E-state index contributed by atoms with van der Waals surface area (Å²) in [6.45, 7) is 4.14. The Morgan fingerprint density at radius 3 is 2.21 bits per heavy atom. The van der Waals surface area contributed by atoms with E-state index >= 15 is 0 Å². The number of aromatic nitrogens is 2. The standard InChI is InChI=1S/C12H10F3N5O2S.C5H11N/c1-5-4-8(16)17-18-9(5)6-2-3-7(12(13,14)15)11-10(6)19-23(21,22)20-11;1-2-4-6-5-3-1/h2-4,19-20H,1H3,(H2,16,17);6H,1-5H2. The Morgan fingerprint density at radius 2 is 1.69 bits per heavy atom. The number of hydrogen-bond acceptors (Lipinski definition) is 6. The predicted molar refractivity (Wildman–Crippen MR) is 105 cm³/mol. The normalized spacial score (nSPS) is 17.4. The second kappa shape index (κ2) is 8.03. The van der Waals surface area contributed by atoms with E-state index in [1.807, 2.05) is 4.72 Å². The van der Waals surface area contributed by atoms with E-state index in [9.17, 15) is 21.6 Å². The molecule has 0 atom stereocenters. The van der Waals surface area contributed by atoms with Crippen LogP contribution < -0.4 is 20.5 Å². The number of aryl methyl sites for hydroxylation is 1. The SMILES string of the molecule is C1CCNCC1.Cc1cc(N)nnc1-c1ccc(C(F)(F)F)c2c1NS(=O)(=O)N2. The van der Waals surface area contributed by atoms with Gasteiger partial charge in [0.25, 0.3) is 0 Å². The van der Waals surface area contributed by atoms with Crippen molar-refractivity contribution in [1.82, 2.24) is 15.5 Å². The lowest BCUT2D eigenvalue weighted by Gasteiger charge is -2.14. The fourth-order valence-corrected chi connectivity index (χ4v) is 4.13. The van der Waals surface area contributed by atoms with Gasteiger partial charge in [-0.1, -0.05) is 6.42 Å². The third kappa shape index (κ3) is 4.88. The van der Waals surface area contributed by atoms with Gasteiger partial charge in [-0.05, 0) is 56.6 Å². The van der Waals surface area contributed by atoms with E-state index in [-0.39, 0.29) is 22.8 Å². The lowest BCUT2D eigenvalue weighted by atomic mass is 10.0. The van der Waals surface area contributed by atoms with E-state index in [4.69, 9.17) is 5.73 Å². The van der Waals surface area contributed by atoms with Crippen LogP contribution in [0.1, 0.15) is 30.4 Å². The van der Waals surface area contributed by atoms with Crippen LogP contribution in [0.25, 0.3) is 11.3 Å². The van der Waals surface area contributed by atoms with Crippen molar-refractivity contribution in [3.05, 3.63) is 29.3 Å². The number of nitrogen functional groups attached to an aromatic ring is 1. The van der Waals surface area contributed by atoms with Crippen molar-refractivity contribution >= 4 is 27.4 Å². The highest BCUT2D eigenvalue weighted by Gasteiger charge is 2.40. The molecule has 12 heteroatoms. The molecule has 0 spiro atoms. The van der Waals surface area contributed by atoms with Crippen LogP contribution in [-0.2, 0) is 16.4 Å². The molecule has 2 aliphatic heterocycles. The summed E-state index contributed by atoms with van der Waals surface area (Å²) in [5.74, 6) is 0.147. The maximum atomic E-state index is 13.1. The second-order valence-corrected chi connectivity index (χ2v) is 8.14. The van der Waals surface area contributed by atoms with Gasteiger partial charge in [0.05, 0.1) is 22.6 Å². The molecule has 2 aliphatic rings. The molecule has 4 rings (SSSR count). The molecule has 1 saturated heterocycles. The Hall–Kier alpha value is -2.60. The average Bonchev–Trinajstić information content (AvgIpc) is 2.97. The second-order valence-electron chi connectivity index (χ2n) is 6.73. The van der Waals surface area contributed by atoms with E-state index in [0.717, 1.165) is 12.1 Å². The topological polar surface area (TPSA) is 122 Å². The van der Waals surface area contributed by atoms with Gasteiger partial charge in [-0.15, -0.1) is 10.2 Å². The summed E-state index contributed by atoms with van der Waals surface area (Å²) in [7, 11) is -4.11. The summed E-state index contributed by atoms with van der Waals surface area (Å²) in [5, 5.41) is 10.8. The third-order valence-corrected chi connectivity index (χ3v) is 5.39. The van der Waals surface area contributed by atoms with Crippen molar-refractivity contribution in [2.24, 2.45) is 0 Å². The molecule has 0 saturated carbocycles. The number of nitrogens with two attached hydrogens (primary N) is 1. The molecule has 0 radical (unpaired) electrons. The molecular formula is C17H21F3N6O2S. The first kappa shape index (κ1) is 21.1. The molecule has 0 bridgehead atoms. The highest BCUT2D eigenvalue weighted by molar-refractivity contribution is 7.94. The van der Waals surface area contributed by atoms with Gasteiger partial charge in [0, 0.05) is 5.56 Å². The number of nitrogens with one attached hydrogen (secondary N) is 3. The minimum absolute atomic E-state index is 0.147. The molecule has 158 valence electrons. The molecule has 0 unspecified atom stereocenters. The minimum Gasteiger partial charge on any atom is -0.382 e. The van der Waals surface area contributed by atoms with Crippen LogP contribution in [0.5, 0.6) is 0 Å². The van der Waals surface area contributed by atoms with Gasteiger partial charge >= 0.3 is 16.4 Å². The van der Waals surface area contributed by atoms with Crippen molar-refractivity contribution in [3.8, 4) is 11.3 Å². The van der Waals surface area contributed by atoms with Gasteiger partial charge in [0.15, 0.2) is 0 Å². The van der Waals surface area contributed by atoms with Crippen molar-refractivity contribution in [2.75, 3.05) is 28.3 Å². The zero-order valence-electron chi connectivity index (χ0n) is 15.6. The van der Waals surface area contributed by atoms with E-state index in [1.165, 1.54) is 38.4 Å². The fraction of sp³-hybridized carbons (Fsp3) is 0.412.